The van der Waals surface area contributed by atoms with Crippen LogP contribution in [0.3, 0.4) is 0 Å². The lowest BCUT2D eigenvalue weighted by molar-refractivity contribution is -0.384. The highest BCUT2D eigenvalue weighted by atomic mass is 16.6. The molecule has 1 aliphatic rings. The van der Waals surface area contributed by atoms with Crippen molar-refractivity contribution in [3.05, 3.63) is 111 Å². The van der Waals surface area contributed by atoms with E-state index in [1.54, 1.807) is 18.2 Å². The van der Waals surface area contributed by atoms with Crippen LogP contribution in [-0.4, -0.2) is 4.92 Å². The van der Waals surface area contributed by atoms with Crippen molar-refractivity contribution in [1.29, 1.82) is 0 Å². The molecular weight excluding hydrogens is 346 g/mol. The summed E-state index contributed by atoms with van der Waals surface area (Å²) in [5.74, 6) is 0.00871. The molecule has 0 N–H and O–H groups in total. The molecule has 1 atom stereocenters. The molecule has 0 fully saturated rings. The molecular formula is C25H19NO2. The van der Waals surface area contributed by atoms with E-state index in [4.69, 9.17) is 0 Å². The first-order valence-electron chi connectivity index (χ1n) is 9.43. The van der Waals surface area contributed by atoms with Gasteiger partial charge in [0.25, 0.3) is 5.69 Å². The maximum atomic E-state index is 11.4. The largest absolute Gasteiger partial charge is 0.269 e. The highest BCUT2D eigenvalue weighted by molar-refractivity contribution is 6.04. The summed E-state index contributed by atoms with van der Waals surface area (Å²) in [5.41, 5.74) is 8.64. The SMILES string of the molecule is Cc1c2c(c3ccccc3c1C)-c1ccccc1C2c1cccc([N+](=O)[O-])c1. The molecule has 4 aromatic rings. The number of aryl methyl sites for hydroxylation is 1. The molecule has 0 amide bonds. The lowest BCUT2D eigenvalue weighted by Gasteiger charge is -2.19. The molecule has 28 heavy (non-hydrogen) atoms. The molecule has 1 unspecified atom stereocenters. The number of non-ortho nitro benzene ring substituents is 1. The molecule has 0 bridgehead atoms. The van der Waals surface area contributed by atoms with Crippen LogP contribution in [0.4, 0.5) is 5.69 Å². The van der Waals surface area contributed by atoms with Gasteiger partial charge in [0.15, 0.2) is 0 Å². The van der Waals surface area contributed by atoms with Crippen LogP contribution in [0.5, 0.6) is 0 Å². The third kappa shape index (κ3) is 2.23. The van der Waals surface area contributed by atoms with Gasteiger partial charge in [-0.1, -0.05) is 60.7 Å². The van der Waals surface area contributed by atoms with Gasteiger partial charge in [-0.25, -0.2) is 0 Å². The third-order valence-corrected chi connectivity index (χ3v) is 6.08. The Morgan fingerprint density at radius 2 is 1.54 bits per heavy atom. The van der Waals surface area contributed by atoms with E-state index in [-0.39, 0.29) is 16.5 Å². The van der Waals surface area contributed by atoms with Gasteiger partial charge < -0.3 is 0 Å². The van der Waals surface area contributed by atoms with Crippen molar-refractivity contribution < 1.29 is 4.92 Å². The van der Waals surface area contributed by atoms with Crippen LogP contribution in [-0.2, 0) is 0 Å². The van der Waals surface area contributed by atoms with Crippen LogP contribution < -0.4 is 0 Å². The normalized spacial score (nSPS) is 14.7. The average Bonchev–Trinajstić information content (AvgIpc) is 3.07. The van der Waals surface area contributed by atoms with Gasteiger partial charge in [0.05, 0.1) is 4.92 Å². The zero-order chi connectivity index (χ0) is 19.4. The third-order valence-electron chi connectivity index (χ3n) is 6.08. The Hall–Kier alpha value is -3.46. The van der Waals surface area contributed by atoms with Gasteiger partial charge in [0, 0.05) is 18.1 Å². The number of rotatable bonds is 2. The maximum absolute atomic E-state index is 11.4. The molecule has 0 radical (unpaired) electrons. The predicted octanol–water partition coefficient (Wildman–Crippen LogP) is 6.53. The van der Waals surface area contributed by atoms with Crippen molar-refractivity contribution in [3.63, 3.8) is 0 Å². The first-order valence-corrected chi connectivity index (χ1v) is 9.43. The van der Waals surface area contributed by atoms with Gasteiger partial charge >= 0.3 is 0 Å². The Bertz CT molecular complexity index is 1270. The molecule has 0 saturated carbocycles. The van der Waals surface area contributed by atoms with Crippen molar-refractivity contribution in [3.8, 4) is 11.1 Å². The Morgan fingerprint density at radius 1 is 0.821 bits per heavy atom. The first kappa shape index (κ1) is 16.7. The summed E-state index contributed by atoms with van der Waals surface area (Å²) in [6.45, 7) is 4.35. The Balaban J connectivity index is 1.90. The average molecular weight is 365 g/mol. The molecule has 0 aromatic heterocycles. The van der Waals surface area contributed by atoms with Crippen LogP contribution in [0.2, 0.25) is 0 Å². The molecule has 0 aliphatic heterocycles. The summed E-state index contributed by atoms with van der Waals surface area (Å²) in [5, 5.41) is 13.9. The van der Waals surface area contributed by atoms with Crippen LogP contribution >= 0.6 is 0 Å². The van der Waals surface area contributed by atoms with Crippen molar-refractivity contribution in [2.75, 3.05) is 0 Å². The van der Waals surface area contributed by atoms with Gasteiger partial charge in [-0.05, 0) is 63.6 Å². The number of fused-ring (bicyclic) bond motifs is 5. The minimum absolute atomic E-state index is 0.00871. The van der Waals surface area contributed by atoms with Crippen molar-refractivity contribution >= 4 is 16.5 Å². The number of benzene rings is 4. The van der Waals surface area contributed by atoms with E-state index >= 15 is 0 Å². The molecule has 3 heteroatoms. The van der Waals surface area contributed by atoms with Crippen LogP contribution in [0, 0.1) is 24.0 Å². The number of nitro groups is 1. The van der Waals surface area contributed by atoms with Crippen molar-refractivity contribution in [2.45, 2.75) is 19.8 Å². The van der Waals surface area contributed by atoms with E-state index in [1.807, 2.05) is 6.07 Å². The number of hydrogen-bond acceptors (Lipinski definition) is 2. The fourth-order valence-electron chi connectivity index (χ4n) is 4.71. The summed E-state index contributed by atoms with van der Waals surface area (Å²) in [6.07, 6.45) is 0. The van der Waals surface area contributed by atoms with Crippen LogP contribution in [0.25, 0.3) is 21.9 Å². The van der Waals surface area contributed by atoms with Gasteiger partial charge in [-0.2, -0.15) is 0 Å². The fraction of sp³-hybridized carbons (Fsp3) is 0.120. The Morgan fingerprint density at radius 3 is 2.32 bits per heavy atom. The summed E-state index contributed by atoms with van der Waals surface area (Å²) < 4.78 is 0. The minimum atomic E-state index is -0.316. The topological polar surface area (TPSA) is 43.1 Å². The second-order valence-corrected chi connectivity index (χ2v) is 7.46. The van der Waals surface area contributed by atoms with E-state index in [0.717, 1.165) is 5.56 Å². The highest BCUT2D eigenvalue weighted by Crippen LogP contribution is 2.53. The molecule has 4 aromatic carbocycles. The summed E-state index contributed by atoms with van der Waals surface area (Å²) >= 11 is 0. The minimum Gasteiger partial charge on any atom is -0.258 e. The second-order valence-electron chi connectivity index (χ2n) is 7.46. The summed E-state index contributed by atoms with van der Waals surface area (Å²) in [4.78, 5) is 11.0. The van der Waals surface area contributed by atoms with Crippen molar-refractivity contribution in [2.24, 2.45) is 0 Å². The summed E-state index contributed by atoms with van der Waals surface area (Å²) in [6, 6.07) is 24.1. The highest BCUT2D eigenvalue weighted by Gasteiger charge is 2.34. The standard InChI is InChI=1S/C25H19NO2/c1-15-16(2)23-24(17-8-7-9-18(14-17)26(27)28)21-12-5-6-13-22(21)25(23)20-11-4-3-10-19(15)20/h3-14,24H,1-2H3. The van der Waals surface area contributed by atoms with Crippen LogP contribution in [0.15, 0.2) is 72.8 Å². The number of nitro benzene ring substituents is 1. The lowest BCUT2D eigenvalue weighted by Crippen LogP contribution is -2.03. The van der Waals surface area contributed by atoms with Gasteiger partial charge in [-0.3, -0.25) is 10.1 Å². The van der Waals surface area contributed by atoms with E-state index in [9.17, 15) is 10.1 Å². The molecule has 0 saturated heterocycles. The zero-order valence-corrected chi connectivity index (χ0v) is 15.8. The quantitative estimate of drug-likeness (QED) is 0.264. The van der Waals surface area contributed by atoms with Crippen molar-refractivity contribution in [1.82, 2.24) is 0 Å². The van der Waals surface area contributed by atoms with Gasteiger partial charge in [-0.15, -0.1) is 0 Å². The monoisotopic (exact) mass is 365 g/mol. The molecule has 0 spiro atoms. The predicted molar refractivity (Wildman–Crippen MR) is 113 cm³/mol. The molecule has 0 heterocycles. The number of hydrogen-bond donors (Lipinski definition) is 0. The zero-order valence-electron chi connectivity index (χ0n) is 15.8. The molecule has 1 aliphatic carbocycles. The van der Waals surface area contributed by atoms with Gasteiger partial charge in [0.1, 0.15) is 0 Å². The van der Waals surface area contributed by atoms with E-state index in [1.165, 1.54) is 44.2 Å². The maximum Gasteiger partial charge on any atom is 0.269 e. The van der Waals surface area contributed by atoms with Crippen LogP contribution in [0.1, 0.15) is 33.7 Å². The molecule has 3 nitrogen and oxygen atoms in total. The molecule has 136 valence electrons. The summed E-state index contributed by atoms with van der Waals surface area (Å²) in [7, 11) is 0. The number of nitrogens with zero attached hydrogens (tertiary/aromatic N) is 1. The Kier molecular flexibility index (Phi) is 3.59. The second kappa shape index (κ2) is 6.03. The van der Waals surface area contributed by atoms with Gasteiger partial charge in [0.2, 0.25) is 0 Å². The smallest absolute Gasteiger partial charge is 0.258 e. The first-order chi connectivity index (χ1) is 13.6. The lowest BCUT2D eigenvalue weighted by atomic mass is 9.84. The van der Waals surface area contributed by atoms with E-state index < -0.39 is 0 Å². The fourth-order valence-corrected chi connectivity index (χ4v) is 4.71. The van der Waals surface area contributed by atoms with E-state index in [2.05, 4.69) is 62.4 Å². The van der Waals surface area contributed by atoms with E-state index in [0.29, 0.717) is 0 Å². The Labute approximate surface area is 163 Å². The molecule has 5 rings (SSSR count).